The molecule has 55 valence electrons. The van der Waals surface area contributed by atoms with Gasteiger partial charge in [-0.25, -0.2) is 0 Å². The molecule has 0 atom stereocenters. The highest BCUT2D eigenvalue weighted by Gasteiger charge is 2.00. The summed E-state index contributed by atoms with van der Waals surface area (Å²) < 4.78 is 5.36. The number of hydrogen-bond acceptors (Lipinski definition) is 2. The molecule has 0 spiro atoms. The fraction of sp³-hybridized carbons (Fsp3) is 0.375. The Bertz CT molecular complexity index is 159. The van der Waals surface area contributed by atoms with E-state index in [1.54, 1.807) is 0 Å². The van der Waals surface area contributed by atoms with Crippen LogP contribution in [0.3, 0.4) is 0 Å². The molecule has 2 heteroatoms. The summed E-state index contributed by atoms with van der Waals surface area (Å²) in [6, 6.07) is 0. The maximum atomic E-state index is 5.36. The van der Waals surface area contributed by atoms with Crippen molar-refractivity contribution in [1.29, 1.82) is 0 Å². The van der Waals surface area contributed by atoms with Crippen molar-refractivity contribution in [1.82, 2.24) is 5.32 Å². The highest BCUT2D eigenvalue weighted by Crippen LogP contribution is 2.03. The van der Waals surface area contributed by atoms with Crippen LogP contribution in [0.15, 0.2) is 24.1 Å². The lowest BCUT2D eigenvalue weighted by Crippen LogP contribution is -2.16. The molecular formula is C8H12NO. The first kappa shape index (κ1) is 7.19. The number of nitrogens with one attached hydrogen (secondary N) is 1. The Labute approximate surface area is 61.6 Å². The first-order valence-corrected chi connectivity index (χ1v) is 3.42. The maximum absolute atomic E-state index is 5.36. The van der Waals surface area contributed by atoms with Gasteiger partial charge in [0.2, 0.25) is 0 Å². The second kappa shape index (κ2) is 3.30. The molecule has 0 fully saturated rings. The molecule has 0 unspecified atom stereocenters. The van der Waals surface area contributed by atoms with Gasteiger partial charge in [-0.15, -0.1) is 0 Å². The summed E-state index contributed by atoms with van der Waals surface area (Å²) in [7, 11) is 0. The van der Waals surface area contributed by atoms with Crippen molar-refractivity contribution in [3.8, 4) is 0 Å². The van der Waals surface area contributed by atoms with E-state index in [0.717, 1.165) is 5.88 Å². The van der Waals surface area contributed by atoms with E-state index in [-0.39, 0.29) is 6.10 Å². The average molecular weight is 138 g/mol. The second-order valence-corrected chi connectivity index (χ2v) is 2.39. The van der Waals surface area contributed by atoms with Crippen LogP contribution in [0.2, 0.25) is 0 Å². The van der Waals surface area contributed by atoms with Gasteiger partial charge in [0, 0.05) is 0 Å². The molecule has 0 saturated heterocycles. The zero-order valence-electron chi connectivity index (χ0n) is 6.29. The van der Waals surface area contributed by atoms with E-state index >= 15 is 0 Å². The Hall–Kier alpha value is -0.920. The SMILES string of the molecule is CC(C)OC1=CC=C[CH]N1. The maximum Gasteiger partial charge on any atom is 0.187 e. The first-order valence-electron chi connectivity index (χ1n) is 3.42. The standard InChI is InChI=1S/C8H12NO/c1-7(2)10-8-5-3-4-6-9-8/h3-7,9H,1-2H3. The summed E-state index contributed by atoms with van der Waals surface area (Å²) in [5.41, 5.74) is 0. The van der Waals surface area contributed by atoms with Crippen molar-refractivity contribution in [3.05, 3.63) is 30.7 Å². The molecule has 1 radical (unpaired) electrons. The van der Waals surface area contributed by atoms with Gasteiger partial charge in [0.15, 0.2) is 5.88 Å². The molecule has 1 heterocycles. The van der Waals surface area contributed by atoms with E-state index in [1.807, 2.05) is 38.6 Å². The number of hydrogen-bond donors (Lipinski definition) is 1. The van der Waals surface area contributed by atoms with Crippen LogP contribution < -0.4 is 5.32 Å². The Balaban J connectivity index is 2.39. The highest BCUT2D eigenvalue weighted by molar-refractivity contribution is 5.16. The van der Waals surface area contributed by atoms with Gasteiger partial charge in [-0.05, 0) is 19.9 Å². The van der Waals surface area contributed by atoms with E-state index in [0.29, 0.717) is 0 Å². The molecule has 0 aromatic carbocycles. The van der Waals surface area contributed by atoms with Gasteiger partial charge in [0.1, 0.15) is 0 Å². The van der Waals surface area contributed by atoms with Crippen LogP contribution in [0.1, 0.15) is 13.8 Å². The topological polar surface area (TPSA) is 21.3 Å². The van der Waals surface area contributed by atoms with E-state index in [4.69, 9.17) is 4.74 Å². The van der Waals surface area contributed by atoms with Gasteiger partial charge in [0.25, 0.3) is 0 Å². The van der Waals surface area contributed by atoms with Gasteiger partial charge >= 0.3 is 0 Å². The fourth-order valence-corrected chi connectivity index (χ4v) is 0.704. The number of rotatable bonds is 2. The summed E-state index contributed by atoms with van der Waals surface area (Å²) >= 11 is 0. The normalized spacial score (nSPS) is 16.5. The Morgan fingerprint density at radius 1 is 1.40 bits per heavy atom. The molecule has 0 saturated carbocycles. The molecule has 0 aliphatic carbocycles. The summed E-state index contributed by atoms with van der Waals surface area (Å²) in [6.45, 7) is 5.85. The third-order valence-corrected chi connectivity index (χ3v) is 1.04. The van der Waals surface area contributed by atoms with Crippen molar-refractivity contribution in [2.24, 2.45) is 0 Å². The minimum Gasteiger partial charge on any atom is -0.476 e. The number of dihydropyridines is 1. The van der Waals surface area contributed by atoms with Crippen molar-refractivity contribution >= 4 is 0 Å². The van der Waals surface area contributed by atoms with Crippen LogP contribution in [0, 0.1) is 6.54 Å². The molecule has 2 nitrogen and oxygen atoms in total. The Morgan fingerprint density at radius 3 is 2.70 bits per heavy atom. The summed E-state index contributed by atoms with van der Waals surface area (Å²) in [4.78, 5) is 0. The predicted octanol–water partition coefficient (Wildman–Crippen LogP) is 1.57. The lowest BCUT2D eigenvalue weighted by molar-refractivity contribution is 0.134. The minimum absolute atomic E-state index is 0.235. The molecule has 0 amide bonds. The predicted molar refractivity (Wildman–Crippen MR) is 40.9 cm³/mol. The molecule has 1 rings (SSSR count). The summed E-state index contributed by atoms with van der Waals surface area (Å²) in [6.07, 6.45) is 6.00. The monoisotopic (exact) mass is 138 g/mol. The van der Waals surface area contributed by atoms with Crippen molar-refractivity contribution < 1.29 is 4.74 Å². The van der Waals surface area contributed by atoms with Crippen molar-refractivity contribution in [2.45, 2.75) is 20.0 Å². The molecule has 0 aromatic heterocycles. The number of allylic oxidation sites excluding steroid dienone is 2. The molecule has 1 aliphatic heterocycles. The largest absolute Gasteiger partial charge is 0.476 e. The Kier molecular flexibility index (Phi) is 2.37. The lowest BCUT2D eigenvalue weighted by atomic mass is 10.4. The zero-order chi connectivity index (χ0) is 7.40. The summed E-state index contributed by atoms with van der Waals surface area (Å²) in [5, 5.41) is 2.98. The van der Waals surface area contributed by atoms with Crippen molar-refractivity contribution in [2.75, 3.05) is 0 Å². The quantitative estimate of drug-likeness (QED) is 0.625. The van der Waals surface area contributed by atoms with Gasteiger partial charge in [0.05, 0.1) is 12.6 Å². The van der Waals surface area contributed by atoms with Gasteiger partial charge < -0.3 is 10.1 Å². The zero-order valence-corrected chi connectivity index (χ0v) is 6.29. The van der Waals surface area contributed by atoms with E-state index < -0.39 is 0 Å². The van der Waals surface area contributed by atoms with Crippen LogP contribution in [-0.4, -0.2) is 6.10 Å². The second-order valence-electron chi connectivity index (χ2n) is 2.39. The fourth-order valence-electron chi connectivity index (χ4n) is 0.704. The Morgan fingerprint density at radius 2 is 2.20 bits per heavy atom. The first-order chi connectivity index (χ1) is 4.79. The van der Waals surface area contributed by atoms with Crippen LogP contribution in [0.4, 0.5) is 0 Å². The highest BCUT2D eigenvalue weighted by atomic mass is 16.5. The molecule has 10 heavy (non-hydrogen) atoms. The van der Waals surface area contributed by atoms with E-state index in [2.05, 4.69) is 5.32 Å². The van der Waals surface area contributed by atoms with Gasteiger partial charge in [-0.2, -0.15) is 0 Å². The van der Waals surface area contributed by atoms with Crippen LogP contribution >= 0.6 is 0 Å². The van der Waals surface area contributed by atoms with Crippen LogP contribution in [-0.2, 0) is 4.74 Å². The lowest BCUT2D eigenvalue weighted by Gasteiger charge is -2.15. The molecule has 1 N–H and O–H groups in total. The number of ether oxygens (including phenoxy) is 1. The molecular weight excluding hydrogens is 126 g/mol. The molecule has 0 aromatic rings. The van der Waals surface area contributed by atoms with E-state index in [1.165, 1.54) is 0 Å². The summed E-state index contributed by atoms with van der Waals surface area (Å²) in [5.74, 6) is 0.817. The average Bonchev–Trinajstić information content (AvgIpc) is 1.88. The minimum atomic E-state index is 0.235. The molecule has 1 aliphatic rings. The third kappa shape index (κ3) is 2.13. The van der Waals surface area contributed by atoms with Gasteiger partial charge in [-0.1, -0.05) is 12.2 Å². The third-order valence-electron chi connectivity index (χ3n) is 1.04. The van der Waals surface area contributed by atoms with E-state index in [9.17, 15) is 0 Å². The van der Waals surface area contributed by atoms with Crippen LogP contribution in [0.25, 0.3) is 0 Å². The smallest absolute Gasteiger partial charge is 0.187 e. The molecule has 0 bridgehead atoms. The van der Waals surface area contributed by atoms with Crippen LogP contribution in [0.5, 0.6) is 0 Å². The van der Waals surface area contributed by atoms with Crippen molar-refractivity contribution in [3.63, 3.8) is 0 Å². The van der Waals surface area contributed by atoms with Gasteiger partial charge in [-0.3, -0.25) is 0 Å².